The van der Waals surface area contributed by atoms with Crippen molar-refractivity contribution in [2.75, 3.05) is 5.32 Å². The number of carbonyl (C=O) groups is 1. The van der Waals surface area contributed by atoms with Gasteiger partial charge in [0.25, 0.3) is 23.0 Å². The van der Waals surface area contributed by atoms with Gasteiger partial charge in [0.2, 0.25) is 0 Å². The van der Waals surface area contributed by atoms with Crippen molar-refractivity contribution in [3.8, 4) is 0 Å². The summed E-state index contributed by atoms with van der Waals surface area (Å²) in [5, 5.41) is 34.9. The number of rotatable bonds is 5. The fourth-order valence-electron chi connectivity index (χ4n) is 1.99. The van der Waals surface area contributed by atoms with Gasteiger partial charge in [-0.1, -0.05) is 6.07 Å². The van der Waals surface area contributed by atoms with E-state index in [-0.39, 0.29) is 16.9 Å². The fourth-order valence-corrected chi connectivity index (χ4v) is 1.99. The number of nitrogens with one attached hydrogen (secondary N) is 1. The minimum Gasteiger partial charge on any atom is -0.321 e. The molecule has 0 aromatic heterocycles. The molecule has 0 atom stereocenters. The zero-order valence-electron chi connectivity index (χ0n) is 12.7. The Labute approximate surface area is 139 Å². The first-order chi connectivity index (χ1) is 11.7. The summed E-state index contributed by atoms with van der Waals surface area (Å²) >= 11 is 0. The van der Waals surface area contributed by atoms with E-state index in [4.69, 9.17) is 0 Å². The van der Waals surface area contributed by atoms with Crippen molar-refractivity contribution in [3.63, 3.8) is 0 Å². The van der Waals surface area contributed by atoms with Crippen molar-refractivity contribution >= 4 is 28.7 Å². The molecule has 11 heteroatoms. The summed E-state index contributed by atoms with van der Waals surface area (Å²) in [6, 6.07) is 6.30. The topological polar surface area (TPSA) is 159 Å². The van der Waals surface area contributed by atoms with Gasteiger partial charge in [0.05, 0.1) is 32.1 Å². The largest absolute Gasteiger partial charge is 0.321 e. The second-order valence-corrected chi connectivity index (χ2v) is 4.96. The summed E-state index contributed by atoms with van der Waals surface area (Å²) in [5.74, 6) is -0.865. The average molecular weight is 346 g/mol. The van der Waals surface area contributed by atoms with Crippen LogP contribution in [0.5, 0.6) is 0 Å². The molecule has 25 heavy (non-hydrogen) atoms. The van der Waals surface area contributed by atoms with Crippen LogP contribution in [0, 0.1) is 37.3 Å². The molecule has 0 saturated carbocycles. The molecule has 0 saturated heterocycles. The maximum Gasteiger partial charge on any atom is 0.277 e. The van der Waals surface area contributed by atoms with Gasteiger partial charge in [-0.15, -0.1) is 0 Å². The Morgan fingerprint density at radius 3 is 1.84 bits per heavy atom. The minimum atomic E-state index is -0.865. The number of nitro benzene ring substituents is 3. The van der Waals surface area contributed by atoms with Crippen molar-refractivity contribution in [3.05, 3.63) is 77.9 Å². The van der Waals surface area contributed by atoms with Crippen LogP contribution in [0.3, 0.4) is 0 Å². The number of nitro groups is 3. The molecule has 2 aromatic rings. The summed E-state index contributed by atoms with van der Waals surface area (Å²) in [4.78, 5) is 42.4. The quantitative estimate of drug-likeness (QED) is 0.643. The van der Waals surface area contributed by atoms with E-state index in [1.54, 1.807) is 6.92 Å². The monoisotopic (exact) mass is 346 g/mol. The maximum absolute atomic E-state index is 12.3. The molecule has 2 rings (SSSR count). The van der Waals surface area contributed by atoms with Gasteiger partial charge in [0.15, 0.2) is 0 Å². The Balaban J connectivity index is 2.41. The molecule has 0 radical (unpaired) electrons. The van der Waals surface area contributed by atoms with E-state index in [9.17, 15) is 35.1 Å². The van der Waals surface area contributed by atoms with E-state index in [1.165, 1.54) is 12.1 Å². The molecular formula is C14H10N4O7. The number of hydrogen-bond acceptors (Lipinski definition) is 7. The number of benzene rings is 2. The lowest BCUT2D eigenvalue weighted by Gasteiger charge is -2.08. The molecule has 0 heterocycles. The third kappa shape index (κ3) is 3.90. The number of carbonyl (C=O) groups excluding carboxylic acids is 1. The van der Waals surface area contributed by atoms with Crippen molar-refractivity contribution < 1.29 is 19.6 Å². The van der Waals surface area contributed by atoms with Crippen LogP contribution in [0.4, 0.5) is 22.7 Å². The number of anilines is 1. The number of aryl methyl sites for hydroxylation is 1. The van der Waals surface area contributed by atoms with Gasteiger partial charge >= 0.3 is 0 Å². The second kappa shape index (κ2) is 6.70. The van der Waals surface area contributed by atoms with E-state index in [0.717, 1.165) is 24.3 Å². The van der Waals surface area contributed by atoms with Gasteiger partial charge in [-0.05, 0) is 12.5 Å². The molecule has 0 aliphatic rings. The highest BCUT2D eigenvalue weighted by molar-refractivity contribution is 6.05. The molecule has 1 amide bonds. The predicted octanol–water partition coefficient (Wildman–Crippen LogP) is 2.97. The van der Waals surface area contributed by atoms with Gasteiger partial charge in [0.1, 0.15) is 0 Å². The molecule has 128 valence electrons. The number of non-ortho nitro benzene ring substituents is 3. The minimum absolute atomic E-state index is 0.119. The Kier molecular flexibility index (Phi) is 4.68. The molecule has 0 spiro atoms. The van der Waals surface area contributed by atoms with Crippen LogP contribution < -0.4 is 5.32 Å². The standard InChI is InChI=1S/C14H10N4O7/c1-8-2-3-10(16(20)21)7-13(8)15-14(19)9-4-11(17(22)23)6-12(5-9)18(24)25/h2-7H,1H3,(H,15,19). The highest BCUT2D eigenvalue weighted by atomic mass is 16.6. The third-order valence-corrected chi connectivity index (χ3v) is 3.27. The second-order valence-electron chi connectivity index (χ2n) is 4.96. The van der Waals surface area contributed by atoms with Crippen molar-refractivity contribution in [1.29, 1.82) is 0 Å². The summed E-state index contributed by atoms with van der Waals surface area (Å²) < 4.78 is 0. The molecule has 0 fully saturated rings. The predicted molar refractivity (Wildman–Crippen MR) is 85.5 cm³/mol. The van der Waals surface area contributed by atoms with E-state index >= 15 is 0 Å². The smallest absolute Gasteiger partial charge is 0.277 e. The number of amides is 1. The van der Waals surface area contributed by atoms with Gasteiger partial charge in [-0.2, -0.15) is 0 Å². The molecule has 0 unspecified atom stereocenters. The van der Waals surface area contributed by atoms with Gasteiger partial charge in [0, 0.05) is 24.3 Å². The fraction of sp³-hybridized carbons (Fsp3) is 0.0714. The van der Waals surface area contributed by atoms with E-state index in [2.05, 4.69) is 5.32 Å². The van der Waals surface area contributed by atoms with Crippen LogP contribution in [0.2, 0.25) is 0 Å². The Morgan fingerprint density at radius 1 is 0.840 bits per heavy atom. The Bertz CT molecular complexity index is 878. The zero-order chi connectivity index (χ0) is 18.7. The third-order valence-electron chi connectivity index (χ3n) is 3.27. The molecule has 0 aliphatic heterocycles. The highest BCUT2D eigenvalue weighted by Gasteiger charge is 2.20. The number of hydrogen-bond donors (Lipinski definition) is 1. The van der Waals surface area contributed by atoms with Crippen LogP contribution >= 0.6 is 0 Å². The zero-order valence-corrected chi connectivity index (χ0v) is 12.7. The first-order valence-electron chi connectivity index (χ1n) is 6.69. The summed E-state index contributed by atoms with van der Waals surface area (Å²) in [5.41, 5.74) is -1.17. The van der Waals surface area contributed by atoms with E-state index < -0.39 is 32.1 Å². The Morgan fingerprint density at radius 2 is 1.36 bits per heavy atom. The van der Waals surface area contributed by atoms with Crippen LogP contribution in [0.1, 0.15) is 15.9 Å². The highest BCUT2D eigenvalue weighted by Crippen LogP contribution is 2.25. The van der Waals surface area contributed by atoms with Crippen LogP contribution in [0.15, 0.2) is 36.4 Å². The lowest BCUT2D eigenvalue weighted by molar-refractivity contribution is -0.394. The first-order valence-corrected chi connectivity index (χ1v) is 6.69. The van der Waals surface area contributed by atoms with E-state index in [1.807, 2.05) is 0 Å². The molecule has 11 nitrogen and oxygen atoms in total. The summed E-state index contributed by atoms with van der Waals surface area (Å²) in [6.45, 7) is 1.59. The van der Waals surface area contributed by atoms with Crippen molar-refractivity contribution in [2.45, 2.75) is 6.92 Å². The SMILES string of the molecule is Cc1ccc([N+](=O)[O-])cc1NC(=O)c1cc([N+](=O)[O-])cc([N+](=O)[O-])c1. The van der Waals surface area contributed by atoms with Gasteiger partial charge < -0.3 is 5.32 Å². The normalized spacial score (nSPS) is 10.1. The van der Waals surface area contributed by atoms with Crippen LogP contribution in [-0.4, -0.2) is 20.7 Å². The lowest BCUT2D eigenvalue weighted by Crippen LogP contribution is -2.13. The maximum atomic E-state index is 12.3. The molecule has 0 aliphatic carbocycles. The molecule has 2 aromatic carbocycles. The van der Waals surface area contributed by atoms with Gasteiger partial charge in [-0.3, -0.25) is 35.1 Å². The van der Waals surface area contributed by atoms with Crippen molar-refractivity contribution in [1.82, 2.24) is 0 Å². The first kappa shape index (κ1) is 17.5. The summed E-state index contributed by atoms with van der Waals surface area (Å²) in [6.07, 6.45) is 0. The number of nitrogens with zero attached hydrogens (tertiary/aromatic N) is 3. The molecule has 0 bridgehead atoms. The lowest BCUT2D eigenvalue weighted by atomic mass is 10.1. The average Bonchev–Trinajstić information content (AvgIpc) is 2.55. The van der Waals surface area contributed by atoms with Crippen LogP contribution in [0.25, 0.3) is 0 Å². The Hall–Kier alpha value is -3.89. The van der Waals surface area contributed by atoms with Crippen LogP contribution in [-0.2, 0) is 0 Å². The van der Waals surface area contributed by atoms with Gasteiger partial charge in [-0.25, -0.2) is 0 Å². The summed E-state index contributed by atoms with van der Waals surface area (Å²) in [7, 11) is 0. The van der Waals surface area contributed by atoms with Crippen molar-refractivity contribution in [2.24, 2.45) is 0 Å². The molecule has 1 N–H and O–H groups in total. The molecular weight excluding hydrogens is 336 g/mol. The van der Waals surface area contributed by atoms with E-state index in [0.29, 0.717) is 5.56 Å².